The number of nitro groups is 1. The molecule has 22 heavy (non-hydrogen) atoms. The van der Waals surface area contributed by atoms with Gasteiger partial charge < -0.3 is 5.32 Å². The second kappa shape index (κ2) is 6.17. The molecule has 2 rings (SSSR count). The molecule has 8 heteroatoms. The van der Waals surface area contributed by atoms with E-state index in [4.69, 9.17) is 0 Å². The second-order valence-electron chi connectivity index (χ2n) is 5.37. The zero-order chi connectivity index (χ0) is 16.4. The summed E-state index contributed by atoms with van der Waals surface area (Å²) in [5, 5.41) is 12.6. The third-order valence-corrected chi connectivity index (χ3v) is 3.78. The van der Waals surface area contributed by atoms with Crippen molar-refractivity contribution in [2.45, 2.75) is 26.2 Å². The van der Waals surface area contributed by atoms with E-state index in [9.17, 15) is 28.5 Å². The SMILES string of the molecule is CC1CC(C(=O)Nc2c(F)cc([N+](=O)[O-])cc2F)CCC1=O. The van der Waals surface area contributed by atoms with Crippen LogP contribution in [0.3, 0.4) is 0 Å². The number of carbonyl (C=O) groups excluding carboxylic acids is 2. The zero-order valence-electron chi connectivity index (χ0n) is 11.8. The number of nitrogens with one attached hydrogen (secondary N) is 1. The van der Waals surface area contributed by atoms with E-state index in [-0.39, 0.29) is 18.1 Å². The van der Waals surface area contributed by atoms with Crippen molar-refractivity contribution in [3.63, 3.8) is 0 Å². The van der Waals surface area contributed by atoms with Gasteiger partial charge in [-0.25, -0.2) is 8.78 Å². The Hall–Kier alpha value is -2.38. The highest BCUT2D eigenvalue weighted by atomic mass is 19.1. The molecule has 1 N–H and O–H groups in total. The molecule has 1 aliphatic carbocycles. The molecule has 1 aromatic carbocycles. The van der Waals surface area contributed by atoms with E-state index in [2.05, 4.69) is 5.32 Å². The van der Waals surface area contributed by atoms with Crippen LogP contribution < -0.4 is 5.32 Å². The maximum absolute atomic E-state index is 13.7. The highest BCUT2D eigenvalue weighted by Crippen LogP contribution is 2.29. The van der Waals surface area contributed by atoms with E-state index in [1.807, 2.05) is 0 Å². The number of carbonyl (C=O) groups is 2. The van der Waals surface area contributed by atoms with Crippen LogP contribution in [0.1, 0.15) is 26.2 Å². The summed E-state index contributed by atoms with van der Waals surface area (Å²) in [5.74, 6) is -3.72. The number of Topliss-reactive ketones (excluding diaryl/α,β-unsaturated/α-hetero) is 1. The fourth-order valence-electron chi connectivity index (χ4n) is 2.49. The second-order valence-corrected chi connectivity index (χ2v) is 5.37. The van der Waals surface area contributed by atoms with E-state index >= 15 is 0 Å². The fraction of sp³-hybridized carbons (Fsp3) is 0.429. The van der Waals surface area contributed by atoms with Crippen molar-refractivity contribution in [1.29, 1.82) is 0 Å². The van der Waals surface area contributed by atoms with Gasteiger partial charge in [-0.1, -0.05) is 6.92 Å². The van der Waals surface area contributed by atoms with Gasteiger partial charge in [-0.3, -0.25) is 19.7 Å². The van der Waals surface area contributed by atoms with Crippen molar-refractivity contribution >= 4 is 23.1 Å². The predicted molar refractivity (Wildman–Crippen MR) is 73.2 cm³/mol. The number of hydrogen-bond acceptors (Lipinski definition) is 4. The molecule has 6 nitrogen and oxygen atoms in total. The van der Waals surface area contributed by atoms with E-state index < -0.39 is 39.8 Å². The van der Waals surface area contributed by atoms with Gasteiger partial charge in [-0.05, 0) is 12.8 Å². The lowest BCUT2D eigenvalue weighted by atomic mass is 9.81. The highest BCUT2D eigenvalue weighted by molar-refractivity contribution is 5.94. The Kier molecular flexibility index (Phi) is 4.48. The molecular formula is C14H14F2N2O4. The summed E-state index contributed by atoms with van der Waals surface area (Å²) >= 11 is 0. The number of amides is 1. The predicted octanol–water partition coefficient (Wildman–Crippen LogP) is 2.82. The number of non-ortho nitro benzene ring substituents is 1. The minimum Gasteiger partial charge on any atom is -0.321 e. The molecule has 1 aliphatic rings. The molecule has 0 spiro atoms. The lowest BCUT2D eigenvalue weighted by Gasteiger charge is -2.24. The maximum Gasteiger partial charge on any atom is 0.275 e. The van der Waals surface area contributed by atoms with Crippen LogP contribution in [0.2, 0.25) is 0 Å². The first-order chi connectivity index (χ1) is 10.3. The standard InChI is InChI=1S/C14H14F2N2O4/c1-7-4-8(2-3-12(7)19)14(20)17-13-10(15)5-9(18(21)22)6-11(13)16/h5-8H,2-4H2,1H3,(H,17,20). The van der Waals surface area contributed by atoms with E-state index in [0.717, 1.165) is 0 Å². The van der Waals surface area contributed by atoms with Gasteiger partial charge in [0, 0.05) is 18.3 Å². The first kappa shape index (κ1) is 16.0. The van der Waals surface area contributed by atoms with Crippen LogP contribution in [0.15, 0.2) is 12.1 Å². The average molecular weight is 312 g/mol. The van der Waals surface area contributed by atoms with Crippen molar-refractivity contribution < 1.29 is 23.3 Å². The van der Waals surface area contributed by atoms with Crippen LogP contribution >= 0.6 is 0 Å². The van der Waals surface area contributed by atoms with Crippen LogP contribution in [0.25, 0.3) is 0 Å². The maximum atomic E-state index is 13.7. The Bertz CT molecular complexity index is 625. The number of halogens is 2. The Balaban J connectivity index is 2.15. The summed E-state index contributed by atoms with van der Waals surface area (Å²) < 4.78 is 27.4. The van der Waals surface area contributed by atoms with Crippen LogP contribution in [-0.4, -0.2) is 16.6 Å². The van der Waals surface area contributed by atoms with E-state index in [1.54, 1.807) is 6.92 Å². The van der Waals surface area contributed by atoms with Crippen molar-refractivity contribution in [2.75, 3.05) is 5.32 Å². The minimum atomic E-state index is -1.21. The smallest absolute Gasteiger partial charge is 0.275 e. The van der Waals surface area contributed by atoms with Gasteiger partial charge in [0.25, 0.3) is 5.69 Å². The molecule has 118 valence electrons. The molecule has 1 fully saturated rings. The normalized spacial score (nSPS) is 21.5. The van der Waals surface area contributed by atoms with E-state index in [1.165, 1.54) is 0 Å². The third-order valence-electron chi connectivity index (χ3n) is 3.78. The lowest BCUT2D eigenvalue weighted by molar-refractivity contribution is -0.385. The lowest BCUT2D eigenvalue weighted by Crippen LogP contribution is -2.31. The van der Waals surface area contributed by atoms with Gasteiger partial charge in [0.15, 0.2) is 11.6 Å². The van der Waals surface area contributed by atoms with Gasteiger partial charge in [0.05, 0.1) is 17.1 Å². The van der Waals surface area contributed by atoms with Gasteiger partial charge in [0.1, 0.15) is 11.5 Å². The average Bonchev–Trinajstić information content (AvgIpc) is 2.45. The number of hydrogen-bond donors (Lipinski definition) is 1. The summed E-state index contributed by atoms with van der Waals surface area (Å²) in [4.78, 5) is 33.0. The molecule has 0 heterocycles. The fourth-order valence-corrected chi connectivity index (χ4v) is 2.49. The van der Waals surface area contributed by atoms with Crippen LogP contribution in [-0.2, 0) is 9.59 Å². The van der Waals surface area contributed by atoms with Crippen LogP contribution in [0.5, 0.6) is 0 Å². The molecule has 0 bridgehead atoms. The molecule has 1 aromatic rings. The van der Waals surface area contributed by atoms with Crippen molar-refractivity contribution in [1.82, 2.24) is 0 Å². The molecule has 2 unspecified atom stereocenters. The minimum absolute atomic E-state index is 0.0664. The van der Waals surface area contributed by atoms with Crippen molar-refractivity contribution in [2.24, 2.45) is 11.8 Å². The number of nitro benzene ring substituents is 1. The molecular weight excluding hydrogens is 298 g/mol. The summed E-state index contributed by atoms with van der Waals surface area (Å²) in [7, 11) is 0. The van der Waals surface area contributed by atoms with Crippen molar-refractivity contribution in [3.8, 4) is 0 Å². The molecule has 2 atom stereocenters. The monoisotopic (exact) mass is 312 g/mol. The number of nitrogens with zero attached hydrogens (tertiary/aromatic N) is 1. The van der Waals surface area contributed by atoms with Gasteiger partial charge in [-0.2, -0.15) is 0 Å². The number of anilines is 1. The molecule has 0 aliphatic heterocycles. The van der Waals surface area contributed by atoms with Crippen molar-refractivity contribution in [3.05, 3.63) is 33.9 Å². The van der Waals surface area contributed by atoms with Gasteiger partial charge >= 0.3 is 0 Å². The first-order valence-electron chi connectivity index (χ1n) is 6.76. The van der Waals surface area contributed by atoms with Gasteiger partial charge in [-0.15, -0.1) is 0 Å². The summed E-state index contributed by atoms with van der Waals surface area (Å²) in [6.45, 7) is 1.70. The van der Waals surface area contributed by atoms with Gasteiger partial charge in [0.2, 0.25) is 5.91 Å². The van der Waals surface area contributed by atoms with E-state index in [0.29, 0.717) is 25.0 Å². The Labute approximate surface area is 124 Å². The quantitative estimate of drug-likeness (QED) is 0.686. The number of rotatable bonds is 3. The molecule has 0 saturated heterocycles. The third kappa shape index (κ3) is 3.26. The topological polar surface area (TPSA) is 89.3 Å². The largest absolute Gasteiger partial charge is 0.321 e. The Morgan fingerprint density at radius 3 is 2.45 bits per heavy atom. The van der Waals surface area contributed by atoms with Crippen LogP contribution in [0.4, 0.5) is 20.2 Å². The summed E-state index contributed by atoms with van der Waals surface area (Å²) in [6.07, 6.45) is 0.899. The number of benzene rings is 1. The van der Waals surface area contributed by atoms with Crippen LogP contribution in [0, 0.1) is 33.6 Å². The molecule has 0 radical (unpaired) electrons. The Morgan fingerprint density at radius 1 is 1.36 bits per heavy atom. The summed E-state index contributed by atoms with van der Waals surface area (Å²) in [5.41, 5.74) is -1.44. The first-order valence-corrected chi connectivity index (χ1v) is 6.76. The molecule has 1 saturated carbocycles. The highest BCUT2D eigenvalue weighted by Gasteiger charge is 2.31. The number of ketones is 1. The summed E-state index contributed by atoms with van der Waals surface area (Å²) in [6, 6.07) is 1.09. The zero-order valence-corrected chi connectivity index (χ0v) is 11.8. The Morgan fingerprint density at radius 2 is 1.95 bits per heavy atom. The molecule has 0 aromatic heterocycles. The molecule has 1 amide bonds.